The Hall–Kier alpha value is -1.45. The van der Waals surface area contributed by atoms with Crippen LogP contribution in [0, 0.1) is 12.7 Å². The van der Waals surface area contributed by atoms with Crippen molar-refractivity contribution in [2.45, 2.75) is 11.8 Å². The maximum Gasteiger partial charge on any atom is 0.336 e. The van der Waals surface area contributed by atoms with Crippen molar-refractivity contribution in [1.29, 1.82) is 0 Å². The van der Waals surface area contributed by atoms with E-state index in [0.717, 1.165) is 12.1 Å². The van der Waals surface area contributed by atoms with Gasteiger partial charge in [0.2, 0.25) is 0 Å². The molecular weight excluding hydrogens is 457 g/mol. The number of sulfonamides is 1. The van der Waals surface area contributed by atoms with Crippen molar-refractivity contribution in [2.75, 3.05) is 4.72 Å². The molecule has 2 rings (SSSR count). The lowest BCUT2D eigenvalue weighted by molar-refractivity contribution is 0.0696. The number of hydrogen-bond acceptors (Lipinski definition) is 3. The molecular formula is C14H10Br2FNO4S. The summed E-state index contributed by atoms with van der Waals surface area (Å²) in [7, 11) is -4.06. The number of nitrogens with one attached hydrogen (secondary N) is 1. The van der Waals surface area contributed by atoms with Crippen molar-refractivity contribution in [1.82, 2.24) is 0 Å². The fourth-order valence-corrected chi connectivity index (χ4v) is 5.61. The van der Waals surface area contributed by atoms with Crippen molar-refractivity contribution in [3.63, 3.8) is 0 Å². The number of carboxylic acid groups (broad SMARTS) is 1. The Morgan fingerprint density at radius 2 is 1.78 bits per heavy atom. The van der Waals surface area contributed by atoms with Gasteiger partial charge in [0.1, 0.15) is 10.7 Å². The van der Waals surface area contributed by atoms with Gasteiger partial charge in [-0.15, -0.1) is 0 Å². The first-order valence-electron chi connectivity index (χ1n) is 6.13. The third-order valence-electron chi connectivity index (χ3n) is 3.04. The Morgan fingerprint density at radius 3 is 2.30 bits per heavy atom. The zero-order chi connectivity index (χ0) is 17.4. The zero-order valence-electron chi connectivity index (χ0n) is 11.6. The van der Waals surface area contributed by atoms with Gasteiger partial charge in [0.25, 0.3) is 10.0 Å². The van der Waals surface area contributed by atoms with Gasteiger partial charge in [-0.25, -0.2) is 17.6 Å². The van der Waals surface area contributed by atoms with E-state index in [1.807, 2.05) is 0 Å². The molecule has 0 fully saturated rings. The second-order valence-corrected chi connectivity index (χ2v) is 7.92. The molecule has 0 bridgehead atoms. The molecule has 122 valence electrons. The molecule has 9 heteroatoms. The maximum atomic E-state index is 13.3. The SMILES string of the molecule is Cc1c(NS(=O)(=O)c2c(Br)cc(F)cc2Br)cccc1C(=O)O. The molecule has 0 aromatic heterocycles. The smallest absolute Gasteiger partial charge is 0.336 e. The first-order chi connectivity index (χ1) is 10.6. The van der Waals surface area contributed by atoms with Crippen LogP contribution in [0.25, 0.3) is 0 Å². The molecule has 0 saturated heterocycles. The summed E-state index contributed by atoms with van der Waals surface area (Å²) in [5, 5.41) is 9.09. The molecule has 0 aliphatic rings. The van der Waals surface area contributed by atoms with Crippen LogP contribution in [0.15, 0.2) is 44.2 Å². The van der Waals surface area contributed by atoms with E-state index >= 15 is 0 Å². The molecule has 2 aromatic carbocycles. The van der Waals surface area contributed by atoms with Crippen LogP contribution in [0.1, 0.15) is 15.9 Å². The van der Waals surface area contributed by atoms with Crippen molar-refractivity contribution >= 4 is 53.5 Å². The highest BCUT2D eigenvalue weighted by Crippen LogP contribution is 2.33. The molecule has 0 radical (unpaired) electrons. The van der Waals surface area contributed by atoms with Gasteiger partial charge in [0.05, 0.1) is 11.3 Å². The van der Waals surface area contributed by atoms with Crippen LogP contribution < -0.4 is 4.72 Å². The second kappa shape index (κ2) is 6.58. The van der Waals surface area contributed by atoms with Crippen LogP contribution in [0.5, 0.6) is 0 Å². The Labute approximate surface area is 148 Å². The summed E-state index contributed by atoms with van der Waals surface area (Å²) >= 11 is 6.04. The van der Waals surface area contributed by atoms with Crippen LogP contribution in [-0.4, -0.2) is 19.5 Å². The molecule has 2 aromatic rings. The molecule has 0 amide bonds. The molecule has 5 nitrogen and oxygen atoms in total. The largest absolute Gasteiger partial charge is 0.478 e. The highest BCUT2D eigenvalue weighted by molar-refractivity contribution is 9.11. The Balaban J connectivity index is 2.52. The molecule has 0 heterocycles. The van der Waals surface area contributed by atoms with Crippen molar-refractivity contribution in [3.05, 3.63) is 56.2 Å². The topological polar surface area (TPSA) is 83.5 Å². The van der Waals surface area contributed by atoms with Gasteiger partial charge in [-0.1, -0.05) is 6.07 Å². The Morgan fingerprint density at radius 1 is 1.22 bits per heavy atom. The minimum absolute atomic E-state index is 0.0116. The summed E-state index contributed by atoms with van der Waals surface area (Å²) in [6.45, 7) is 1.50. The standard InChI is InChI=1S/C14H10Br2FNO4S/c1-7-9(14(19)20)3-2-4-12(7)18-23(21,22)13-10(15)5-8(17)6-11(13)16/h2-6,18H,1H3,(H,19,20). The van der Waals surface area contributed by atoms with Gasteiger partial charge in [0, 0.05) is 8.95 Å². The van der Waals surface area contributed by atoms with E-state index in [1.165, 1.54) is 25.1 Å². The van der Waals surface area contributed by atoms with E-state index in [9.17, 15) is 17.6 Å². The molecule has 0 spiro atoms. The lowest BCUT2D eigenvalue weighted by Gasteiger charge is -2.14. The van der Waals surface area contributed by atoms with Crippen LogP contribution in [-0.2, 0) is 10.0 Å². The predicted molar refractivity (Wildman–Crippen MR) is 90.7 cm³/mol. The summed E-state index contributed by atoms with van der Waals surface area (Å²) in [4.78, 5) is 10.9. The molecule has 0 unspecified atom stereocenters. The van der Waals surface area contributed by atoms with E-state index in [2.05, 4.69) is 36.6 Å². The fourth-order valence-electron chi connectivity index (χ4n) is 1.96. The maximum absolute atomic E-state index is 13.3. The van der Waals surface area contributed by atoms with Crippen LogP contribution in [0.4, 0.5) is 10.1 Å². The van der Waals surface area contributed by atoms with Crippen molar-refractivity contribution in [2.24, 2.45) is 0 Å². The first kappa shape index (κ1) is 17.9. The summed E-state index contributed by atoms with van der Waals surface area (Å²) < 4.78 is 40.8. The number of halogens is 3. The lowest BCUT2D eigenvalue weighted by atomic mass is 10.1. The van der Waals surface area contributed by atoms with Gasteiger partial charge < -0.3 is 5.11 Å². The van der Waals surface area contributed by atoms with E-state index in [4.69, 9.17) is 5.11 Å². The van der Waals surface area contributed by atoms with Gasteiger partial charge in [-0.3, -0.25) is 4.72 Å². The van der Waals surface area contributed by atoms with Gasteiger partial charge >= 0.3 is 5.97 Å². The number of benzene rings is 2. The first-order valence-corrected chi connectivity index (χ1v) is 9.20. The normalized spacial score (nSPS) is 11.3. The van der Waals surface area contributed by atoms with Crippen LogP contribution >= 0.6 is 31.9 Å². The highest BCUT2D eigenvalue weighted by Gasteiger charge is 2.23. The van der Waals surface area contributed by atoms with E-state index in [1.54, 1.807) is 0 Å². The molecule has 0 aliphatic carbocycles. The molecule has 2 N–H and O–H groups in total. The van der Waals surface area contributed by atoms with Crippen molar-refractivity contribution in [3.8, 4) is 0 Å². The Kier molecular flexibility index (Phi) is 5.12. The van der Waals surface area contributed by atoms with Gasteiger partial charge in [0.15, 0.2) is 0 Å². The fraction of sp³-hybridized carbons (Fsp3) is 0.0714. The number of aromatic carboxylic acids is 1. The summed E-state index contributed by atoms with van der Waals surface area (Å²) in [6.07, 6.45) is 0. The Bertz CT molecular complexity index is 877. The molecule has 0 aliphatic heterocycles. The predicted octanol–water partition coefficient (Wildman–Crippen LogP) is 4.16. The third-order valence-corrected chi connectivity index (χ3v) is 6.28. The highest BCUT2D eigenvalue weighted by atomic mass is 79.9. The van der Waals surface area contributed by atoms with Crippen LogP contribution in [0.2, 0.25) is 0 Å². The minimum Gasteiger partial charge on any atom is -0.478 e. The number of carboxylic acids is 1. The van der Waals surface area contributed by atoms with E-state index in [0.29, 0.717) is 0 Å². The summed E-state index contributed by atoms with van der Waals surface area (Å²) in [6, 6.07) is 6.31. The molecule has 0 atom stereocenters. The second-order valence-electron chi connectivity index (χ2n) is 4.59. The number of anilines is 1. The summed E-state index contributed by atoms with van der Waals surface area (Å²) in [5.74, 6) is -1.76. The lowest BCUT2D eigenvalue weighted by Crippen LogP contribution is -2.16. The van der Waals surface area contributed by atoms with E-state index in [-0.39, 0.29) is 30.7 Å². The van der Waals surface area contributed by atoms with Gasteiger partial charge in [-0.2, -0.15) is 0 Å². The average Bonchev–Trinajstić information content (AvgIpc) is 2.38. The van der Waals surface area contributed by atoms with Gasteiger partial charge in [-0.05, 0) is 68.6 Å². The van der Waals surface area contributed by atoms with Crippen molar-refractivity contribution < 1.29 is 22.7 Å². The molecule has 0 saturated carbocycles. The number of rotatable bonds is 4. The quantitative estimate of drug-likeness (QED) is 0.708. The van der Waals surface area contributed by atoms with E-state index < -0.39 is 21.8 Å². The zero-order valence-corrected chi connectivity index (χ0v) is 15.6. The monoisotopic (exact) mass is 465 g/mol. The molecule has 23 heavy (non-hydrogen) atoms. The third kappa shape index (κ3) is 3.73. The van der Waals surface area contributed by atoms with Crippen LogP contribution in [0.3, 0.4) is 0 Å². The summed E-state index contributed by atoms with van der Waals surface area (Å²) in [5.41, 5.74) is 0.397. The number of hydrogen-bond donors (Lipinski definition) is 2. The average molecular weight is 467 g/mol. The minimum atomic E-state index is -4.06. The number of carbonyl (C=O) groups is 1.